The maximum absolute atomic E-state index is 13.1. The van der Waals surface area contributed by atoms with Gasteiger partial charge in [0.1, 0.15) is 5.82 Å². The maximum Gasteiger partial charge on any atom is 0.248 e. The normalized spacial score (nSPS) is 12.4. The van der Waals surface area contributed by atoms with Crippen molar-refractivity contribution in [2.24, 2.45) is 0 Å². The number of carbonyl (C=O) groups excluding carboxylic acids is 2. The molecule has 1 aliphatic rings. The second-order valence-electron chi connectivity index (χ2n) is 5.18. The summed E-state index contributed by atoms with van der Waals surface area (Å²) in [6.45, 7) is 1.47. The minimum Gasteiger partial charge on any atom is -0.454 e. The Hall–Kier alpha value is -3.15. The van der Waals surface area contributed by atoms with Crippen LogP contribution in [-0.4, -0.2) is 18.5 Å². The van der Waals surface area contributed by atoms with Crippen molar-refractivity contribution in [3.05, 3.63) is 59.4 Å². The van der Waals surface area contributed by atoms with Gasteiger partial charge >= 0.3 is 0 Å². The molecule has 1 amide bonds. The summed E-state index contributed by atoms with van der Waals surface area (Å²) in [5, 5.41) is 2.63. The third kappa shape index (κ3) is 3.43. The maximum atomic E-state index is 13.1. The molecule has 0 bridgehead atoms. The highest BCUT2D eigenvalue weighted by atomic mass is 19.1. The number of halogens is 1. The van der Waals surface area contributed by atoms with Crippen molar-refractivity contribution in [2.75, 3.05) is 12.1 Å². The van der Waals surface area contributed by atoms with E-state index in [1.54, 1.807) is 18.2 Å². The number of hydrogen-bond acceptors (Lipinski definition) is 4. The van der Waals surface area contributed by atoms with Crippen molar-refractivity contribution >= 4 is 23.5 Å². The highest BCUT2D eigenvalue weighted by Gasteiger charge is 2.19. The van der Waals surface area contributed by atoms with Gasteiger partial charge in [0.05, 0.1) is 5.69 Å². The number of anilines is 1. The van der Waals surface area contributed by atoms with Gasteiger partial charge in [-0.05, 0) is 36.8 Å². The number of ether oxygens (including phenoxy) is 2. The van der Waals surface area contributed by atoms with Gasteiger partial charge < -0.3 is 14.8 Å². The van der Waals surface area contributed by atoms with Gasteiger partial charge in [-0.1, -0.05) is 12.1 Å². The summed E-state index contributed by atoms with van der Waals surface area (Å²) in [5.74, 6) is -0.108. The highest BCUT2D eigenvalue weighted by molar-refractivity contribution is 6.08. The van der Waals surface area contributed by atoms with E-state index in [2.05, 4.69) is 5.32 Å². The molecular formula is C18H14FNO4. The van der Waals surface area contributed by atoms with E-state index in [9.17, 15) is 14.0 Å². The van der Waals surface area contributed by atoms with Crippen LogP contribution >= 0.6 is 0 Å². The van der Waals surface area contributed by atoms with E-state index in [0.717, 1.165) is 0 Å². The Morgan fingerprint density at radius 1 is 1.17 bits per heavy atom. The number of nitrogens with one attached hydrogen (secondary N) is 1. The lowest BCUT2D eigenvalue weighted by atomic mass is 10.1. The molecular weight excluding hydrogens is 313 g/mol. The first-order valence-electron chi connectivity index (χ1n) is 7.22. The Balaban J connectivity index is 1.80. The Morgan fingerprint density at radius 2 is 1.92 bits per heavy atom. The number of carbonyl (C=O) groups is 2. The second kappa shape index (κ2) is 6.54. The predicted octanol–water partition coefficient (Wildman–Crippen LogP) is 3.41. The number of Topliss-reactive ketones (excluding diaryl/α,β-unsaturated/α-hetero) is 1. The van der Waals surface area contributed by atoms with Gasteiger partial charge in [-0.25, -0.2) is 4.39 Å². The van der Waals surface area contributed by atoms with Crippen molar-refractivity contribution in [2.45, 2.75) is 6.92 Å². The molecule has 24 heavy (non-hydrogen) atoms. The highest BCUT2D eigenvalue weighted by Crippen LogP contribution is 2.37. The van der Waals surface area contributed by atoms with Crippen LogP contribution in [0, 0.1) is 5.82 Å². The van der Waals surface area contributed by atoms with E-state index in [1.807, 2.05) is 0 Å². The lowest BCUT2D eigenvalue weighted by molar-refractivity contribution is -0.111. The number of fused-ring (bicyclic) bond motifs is 1. The Morgan fingerprint density at radius 3 is 2.62 bits per heavy atom. The number of amides is 1. The van der Waals surface area contributed by atoms with Crippen LogP contribution in [0.5, 0.6) is 11.5 Å². The predicted molar refractivity (Wildman–Crippen MR) is 86.6 cm³/mol. The molecule has 0 saturated heterocycles. The molecule has 0 aromatic heterocycles. The second-order valence-corrected chi connectivity index (χ2v) is 5.18. The summed E-state index contributed by atoms with van der Waals surface area (Å²) in [6.07, 6.45) is 2.75. The molecule has 1 aliphatic heterocycles. The minimum absolute atomic E-state index is 0.0730. The molecule has 0 unspecified atom stereocenters. The SMILES string of the molecule is CC(=O)c1cc2c(cc1NC(=O)/C=C/c1cccc(F)c1)OCO2. The zero-order valence-corrected chi connectivity index (χ0v) is 12.8. The van der Waals surface area contributed by atoms with Crippen LogP contribution in [0.3, 0.4) is 0 Å². The van der Waals surface area contributed by atoms with Gasteiger partial charge in [0, 0.05) is 17.7 Å². The van der Waals surface area contributed by atoms with Crippen LogP contribution in [0.4, 0.5) is 10.1 Å². The smallest absolute Gasteiger partial charge is 0.248 e. The third-order valence-corrected chi connectivity index (χ3v) is 3.43. The molecule has 0 radical (unpaired) electrons. The number of ketones is 1. The van der Waals surface area contributed by atoms with Gasteiger partial charge in [-0.15, -0.1) is 0 Å². The standard InChI is InChI=1S/C18H14FNO4/c1-11(21)14-8-16-17(24-10-23-16)9-15(14)20-18(22)6-5-12-3-2-4-13(19)7-12/h2-9H,10H2,1H3,(H,20,22)/b6-5+. The monoisotopic (exact) mass is 327 g/mol. The van der Waals surface area contributed by atoms with Gasteiger partial charge in [0.2, 0.25) is 12.7 Å². The molecule has 1 N–H and O–H groups in total. The van der Waals surface area contributed by atoms with Crippen LogP contribution in [0.1, 0.15) is 22.8 Å². The quantitative estimate of drug-likeness (QED) is 0.690. The first-order valence-corrected chi connectivity index (χ1v) is 7.22. The summed E-state index contributed by atoms with van der Waals surface area (Å²) in [4.78, 5) is 23.8. The topological polar surface area (TPSA) is 64.6 Å². The number of benzene rings is 2. The third-order valence-electron chi connectivity index (χ3n) is 3.43. The summed E-state index contributed by atoms with van der Waals surface area (Å²) in [6, 6.07) is 8.95. The first-order chi connectivity index (χ1) is 11.5. The van der Waals surface area contributed by atoms with Crippen molar-refractivity contribution in [3.8, 4) is 11.5 Å². The molecule has 0 fully saturated rings. The summed E-state index contributed by atoms with van der Waals surface area (Å²) in [5.41, 5.74) is 1.22. The molecule has 5 nitrogen and oxygen atoms in total. The Bertz CT molecular complexity index is 845. The van der Waals surface area contributed by atoms with Crippen LogP contribution in [0.25, 0.3) is 6.08 Å². The van der Waals surface area contributed by atoms with E-state index in [4.69, 9.17) is 9.47 Å². The zero-order valence-electron chi connectivity index (χ0n) is 12.8. The van der Waals surface area contributed by atoms with Crippen molar-refractivity contribution in [1.82, 2.24) is 0 Å². The largest absolute Gasteiger partial charge is 0.454 e. The fourth-order valence-corrected chi connectivity index (χ4v) is 2.29. The summed E-state index contributed by atoms with van der Waals surface area (Å²) >= 11 is 0. The van der Waals surface area contributed by atoms with Gasteiger partial charge in [-0.2, -0.15) is 0 Å². The van der Waals surface area contributed by atoms with Gasteiger partial charge in [0.25, 0.3) is 0 Å². The lowest BCUT2D eigenvalue weighted by Gasteiger charge is -2.09. The zero-order chi connectivity index (χ0) is 17.1. The van der Waals surface area contributed by atoms with Crippen molar-refractivity contribution in [1.29, 1.82) is 0 Å². The molecule has 2 aromatic carbocycles. The fraction of sp³-hybridized carbons (Fsp3) is 0.111. The number of hydrogen-bond donors (Lipinski definition) is 1. The van der Waals surface area contributed by atoms with Crippen molar-refractivity contribution in [3.63, 3.8) is 0 Å². The molecule has 2 aromatic rings. The van der Waals surface area contributed by atoms with Crippen molar-refractivity contribution < 1.29 is 23.5 Å². The van der Waals surface area contributed by atoms with Gasteiger partial charge in [0.15, 0.2) is 17.3 Å². The molecule has 122 valence electrons. The Labute approximate surface area is 137 Å². The fourth-order valence-electron chi connectivity index (χ4n) is 2.29. The minimum atomic E-state index is -0.444. The molecule has 0 saturated carbocycles. The molecule has 3 rings (SSSR count). The van der Waals surface area contributed by atoms with Gasteiger partial charge in [-0.3, -0.25) is 9.59 Å². The van der Waals surface area contributed by atoms with E-state index >= 15 is 0 Å². The van der Waals surface area contributed by atoms with E-state index < -0.39 is 5.91 Å². The first kappa shape index (κ1) is 15.7. The van der Waals surface area contributed by atoms with Crippen LogP contribution < -0.4 is 14.8 Å². The average molecular weight is 327 g/mol. The lowest BCUT2D eigenvalue weighted by Crippen LogP contribution is -2.11. The van der Waals surface area contributed by atoms with E-state index in [0.29, 0.717) is 28.3 Å². The summed E-state index contributed by atoms with van der Waals surface area (Å²) < 4.78 is 23.6. The van der Waals surface area contributed by atoms with E-state index in [1.165, 1.54) is 37.3 Å². The molecule has 1 heterocycles. The summed E-state index contributed by atoms with van der Waals surface area (Å²) in [7, 11) is 0. The molecule has 0 aliphatic carbocycles. The molecule has 0 atom stereocenters. The van der Waals surface area contributed by atoms with Crippen LogP contribution in [0.2, 0.25) is 0 Å². The number of rotatable bonds is 4. The molecule has 0 spiro atoms. The Kier molecular flexibility index (Phi) is 4.29. The molecule has 6 heteroatoms. The van der Waals surface area contributed by atoms with E-state index in [-0.39, 0.29) is 18.4 Å². The van der Waals surface area contributed by atoms with Crippen LogP contribution in [0.15, 0.2) is 42.5 Å². The van der Waals surface area contributed by atoms with Crippen LogP contribution in [-0.2, 0) is 4.79 Å². The average Bonchev–Trinajstić information content (AvgIpc) is 2.99.